The van der Waals surface area contributed by atoms with Gasteiger partial charge in [0.1, 0.15) is 5.69 Å². The molecule has 21 heavy (non-hydrogen) atoms. The highest BCUT2D eigenvalue weighted by atomic mass is 16.6. The lowest BCUT2D eigenvalue weighted by Crippen LogP contribution is -2.20. The Balaban J connectivity index is 2.15. The fraction of sp³-hybridized carbons (Fsp3) is 0.667. The number of aromatic nitrogens is 2. The third-order valence-electron chi connectivity index (χ3n) is 3.79. The average molecular weight is 296 g/mol. The number of nitrogens with zero attached hydrogens (tertiary/aromatic N) is 3. The van der Waals surface area contributed by atoms with Crippen LogP contribution in [0.25, 0.3) is 0 Å². The number of methoxy groups -OCH3 is 1. The van der Waals surface area contributed by atoms with E-state index in [1.54, 1.807) is 14.0 Å². The average Bonchev–Trinajstić information content (AvgIpc) is 3.22. The topological polar surface area (TPSA) is 128 Å². The van der Waals surface area contributed by atoms with E-state index in [4.69, 9.17) is 10.6 Å². The Kier molecular flexibility index (Phi) is 4.53. The van der Waals surface area contributed by atoms with E-state index in [1.165, 1.54) is 0 Å². The second-order valence-electron chi connectivity index (χ2n) is 5.33. The van der Waals surface area contributed by atoms with Crippen molar-refractivity contribution >= 4 is 17.5 Å². The standard InChI is InChI=1S/C12H20N6O3/c1-8-9(18(19)20)10(16-11(15-8)17-13)14-7-12(3-4-12)5-6-21-2/h3-7,13H2,1-2H3,(H2,14,15,16,17). The molecule has 1 aliphatic carbocycles. The normalized spacial score (nSPS) is 15.6. The molecule has 2 rings (SSSR count). The molecule has 0 aliphatic heterocycles. The summed E-state index contributed by atoms with van der Waals surface area (Å²) in [6.45, 7) is 2.86. The zero-order chi connectivity index (χ0) is 15.5. The molecule has 0 aromatic carbocycles. The van der Waals surface area contributed by atoms with Gasteiger partial charge in [0, 0.05) is 20.3 Å². The number of nitro groups is 1. The lowest BCUT2D eigenvalue weighted by molar-refractivity contribution is -0.385. The maximum Gasteiger partial charge on any atom is 0.332 e. The lowest BCUT2D eigenvalue weighted by atomic mass is 10.0. The number of nitrogen functional groups attached to an aromatic ring is 1. The van der Waals surface area contributed by atoms with Gasteiger partial charge in [0.25, 0.3) is 0 Å². The van der Waals surface area contributed by atoms with Gasteiger partial charge in [-0.15, -0.1) is 0 Å². The molecular weight excluding hydrogens is 276 g/mol. The molecule has 1 saturated carbocycles. The Morgan fingerprint density at radius 3 is 2.71 bits per heavy atom. The summed E-state index contributed by atoms with van der Waals surface area (Å²) in [5, 5.41) is 14.2. The Hall–Kier alpha value is -2.00. The van der Waals surface area contributed by atoms with Gasteiger partial charge in [-0.3, -0.25) is 15.5 Å². The van der Waals surface area contributed by atoms with Crippen LogP contribution in [-0.4, -0.2) is 35.2 Å². The largest absolute Gasteiger partial charge is 0.385 e. The van der Waals surface area contributed by atoms with Crippen LogP contribution in [0, 0.1) is 22.5 Å². The summed E-state index contributed by atoms with van der Waals surface area (Å²) in [5.74, 6) is 5.64. The number of aryl methyl sites for hydroxylation is 1. The molecule has 1 aromatic rings. The molecule has 0 amide bonds. The third kappa shape index (κ3) is 3.56. The van der Waals surface area contributed by atoms with Crippen molar-refractivity contribution in [2.24, 2.45) is 11.3 Å². The second kappa shape index (κ2) is 6.19. The number of rotatable bonds is 8. The fourth-order valence-electron chi connectivity index (χ4n) is 2.26. The van der Waals surface area contributed by atoms with E-state index in [2.05, 4.69) is 20.7 Å². The quantitative estimate of drug-likeness (QED) is 0.371. The van der Waals surface area contributed by atoms with Crippen LogP contribution in [0.1, 0.15) is 25.0 Å². The van der Waals surface area contributed by atoms with E-state index in [9.17, 15) is 10.1 Å². The second-order valence-corrected chi connectivity index (χ2v) is 5.33. The number of nitrogens with one attached hydrogen (secondary N) is 2. The predicted octanol–water partition coefficient (Wildman–Crippen LogP) is 1.21. The minimum Gasteiger partial charge on any atom is -0.385 e. The van der Waals surface area contributed by atoms with Crippen LogP contribution in [0.15, 0.2) is 0 Å². The highest BCUT2D eigenvalue weighted by Crippen LogP contribution is 2.49. The number of hydrazine groups is 1. The van der Waals surface area contributed by atoms with Crippen molar-refractivity contribution in [3.05, 3.63) is 15.8 Å². The summed E-state index contributed by atoms with van der Waals surface area (Å²) in [7, 11) is 1.67. The molecule has 0 radical (unpaired) electrons. The van der Waals surface area contributed by atoms with E-state index >= 15 is 0 Å². The van der Waals surface area contributed by atoms with Crippen molar-refractivity contribution in [3.8, 4) is 0 Å². The van der Waals surface area contributed by atoms with Gasteiger partial charge in [-0.2, -0.15) is 4.98 Å². The molecule has 0 unspecified atom stereocenters. The van der Waals surface area contributed by atoms with Crippen LogP contribution < -0.4 is 16.6 Å². The molecular formula is C12H20N6O3. The first-order chi connectivity index (χ1) is 10.0. The van der Waals surface area contributed by atoms with Crippen molar-refractivity contribution in [2.75, 3.05) is 31.0 Å². The molecule has 1 heterocycles. The van der Waals surface area contributed by atoms with E-state index in [0.29, 0.717) is 13.2 Å². The van der Waals surface area contributed by atoms with Gasteiger partial charge in [0.15, 0.2) is 0 Å². The maximum absolute atomic E-state index is 11.2. The number of ether oxygens (including phenoxy) is 1. The van der Waals surface area contributed by atoms with E-state index < -0.39 is 4.92 Å². The summed E-state index contributed by atoms with van der Waals surface area (Å²) >= 11 is 0. The molecule has 0 saturated heterocycles. The fourth-order valence-corrected chi connectivity index (χ4v) is 2.26. The minimum atomic E-state index is -0.479. The van der Waals surface area contributed by atoms with Gasteiger partial charge < -0.3 is 10.1 Å². The summed E-state index contributed by atoms with van der Waals surface area (Å²) in [6, 6.07) is 0. The highest BCUT2D eigenvalue weighted by molar-refractivity contribution is 5.60. The molecule has 0 atom stereocenters. The number of nitrogens with two attached hydrogens (primary N) is 1. The first-order valence-electron chi connectivity index (χ1n) is 6.74. The van der Waals surface area contributed by atoms with Gasteiger partial charge in [-0.05, 0) is 31.6 Å². The zero-order valence-electron chi connectivity index (χ0n) is 12.2. The number of anilines is 2. The van der Waals surface area contributed by atoms with Crippen molar-refractivity contribution < 1.29 is 9.66 Å². The molecule has 1 aromatic heterocycles. The van der Waals surface area contributed by atoms with Crippen molar-refractivity contribution in [1.29, 1.82) is 0 Å². The molecule has 116 valence electrons. The minimum absolute atomic E-state index is 0.114. The summed E-state index contributed by atoms with van der Waals surface area (Å²) < 4.78 is 5.10. The van der Waals surface area contributed by atoms with Gasteiger partial charge >= 0.3 is 5.69 Å². The van der Waals surface area contributed by atoms with E-state index in [0.717, 1.165) is 19.3 Å². The summed E-state index contributed by atoms with van der Waals surface area (Å²) in [6.07, 6.45) is 3.10. The maximum atomic E-state index is 11.2. The summed E-state index contributed by atoms with van der Waals surface area (Å²) in [4.78, 5) is 18.7. The monoisotopic (exact) mass is 296 g/mol. The smallest absolute Gasteiger partial charge is 0.332 e. The molecule has 0 bridgehead atoms. The SMILES string of the molecule is COCCC1(CNc2nc(NN)nc(C)c2[N+](=O)[O-])CC1. The molecule has 1 fully saturated rings. The molecule has 1 aliphatic rings. The van der Waals surface area contributed by atoms with Gasteiger partial charge in [-0.1, -0.05) is 0 Å². The molecule has 4 N–H and O–H groups in total. The van der Waals surface area contributed by atoms with Crippen LogP contribution in [0.4, 0.5) is 17.5 Å². The molecule has 9 nitrogen and oxygen atoms in total. The van der Waals surface area contributed by atoms with Crippen molar-refractivity contribution in [3.63, 3.8) is 0 Å². The van der Waals surface area contributed by atoms with Gasteiger partial charge in [0.2, 0.25) is 11.8 Å². The van der Waals surface area contributed by atoms with Crippen LogP contribution in [0.3, 0.4) is 0 Å². The number of hydrogen-bond acceptors (Lipinski definition) is 8. The van der Waals surface area contributed by atoms with E-state index in [-0.39, 0.29) is 28.6 Å². The van der Waals surface area contributed by atoms with Crippen molar-refractivity contribution in [2.45, 2.75) is 26.2 Å². The highest BCUT2D eigenvalue weighted by Gasteiger charge is 2.42. The first-order valence-corrected chi connectivity index (χ1v) is 6.74. The zero-order valence-corrected chi connectivity index (χ0v) is 12.2. The Morgan fingerprint density at radius 1 is 1.48 bits per heavy atom. The van der Waals surface area contributed by atoms with E-state index in [1.807, 2.05) is 0 Å². The Morgan fingerprint density at radius 2 is 2.19 bits per heavy atom. The van der Waals surface area contributed by atoms with Gasteiger partial charge in [0.05, 0.1) is 4.92 Å². The van der Waals surface area contributed by atoms with Crippen LogP contribution >= 0.6 is 0 Å². The Bertz CT molecular complexity index is 532. The summed E-state index contributed by atoms with van der Waals surface area (Å²) in [5.41, 5.74) is 2.62. The third-order valence-corrected chi connectivity index (χ3v) is 3.79. The predicted molar refractivity (Wildman–Crippen MR) is 77.9 cm³/mol. The van der Waals surface area contributed by atoms with Crippen LogP contribution in [-0.2, 0) is 4.74 Å². The first kappa shape index (κ1) is 15.4. The lowest BCUT2D eigenvalue weighted by Gasteiger charge is -2.16. The van der Waals surface area contributed by atoms with Crippen LogP contribution in [0.2, 0.25) is 0 Å². The van der Waals surface area contributed by atoms with Crippen LogP contribution in [0.5, 0.6) is 0 Å². The van der Waals surface area contributed by atoms with Crippen molar-refractivity contribution in [1.82, 2.24) is 9.97 Å². The number of hydrogen-bond donors (Lipinski definition) is 3. The molecule has 0 spiro atoms. The Labute approximate surface area is 122 Å². The van der Waals surface area contributed by atoms with Gasteiger partial charge in [-0.25, -0.2) is 10.8 Å². The molecule has 9 heteroatoms.